The lowest BCUT2D eigenvalue weighted by Gasteiger charge is -2.19. The first-order valence-corrected chi connectivity index (χ1v) is 5.09. The maximum absolute atomic E-state index is 12.2. The number of hydrogen-bond donors (Lipinski definition) is 1. The van der Waals surface area contributed by atoms with Crippen molar-refractivity contribution in [3.8, 4) is 0 Å². The zero-order valence-corrected chi connectivity index (χ0v) is 9.91. The number of anilines is 1. The molecule has 1 heterocycles. The van der Waals surface area contributed by atoms with E-state index in [1.54, 1.807) is 0 Å². The van der Waals surface area contributed by atoms with Crippen LogP contribution in [0.1, 0.15) is 10.4 Å². The van der Waals surface area contributed by atoms with Crippen molar-refractivity contribution >= 4 is 27.7 Å². The Labute approximate surface area is 99.0 Å². The highest BCUT2D eigenvalue weighted by atomic mass is 79.9. The van der Waals surface area contributed by atoms with Gasteiger partial charge in [-0.2, -0.15) is 0 Å². The highest BCUT2D eigenvalue weighted by Gasteiger charge is 2.18. The van der Waals surface area contributed by atoms with Gasteiger partial charge in [0.05, 0.1) is 6.54 Å². The zero-order chi connectivity index (χ0) is 12.3. The highest BCUT2D eigenvalue weighted by Crippen LogP contribution is 2.21. The summed E-state index contributed by atoms with van der Waals surface area (Å²) in [5.74, 6) is -1.18. The van der Waals surface area contributed by atoms with E-state index in [1.807, 2.05) is 0 Å². The van der Waals surface area contributed by atoms with Gasteiger partial charge >= 0.3 is 5.97 Å². The Balaban J connectivity index is 3.07. The molecular formula is C9H9BrF2N2O2. The minimum absolute atomic E-state index is 0.0241. The number of nitrogens with zero attached hydrogens (tertiary/aromatic N) is 2. The number of carbonyl (C=O) groups is 1. The summed E-state index contributed by atoms with van der Waals surface area (Å²) >= 11 is 3.07. The monoisotopic (exact) mass is 294 g/mol. The number of halogens is 3. The number of rotatable bonds is 4. The lowest BCUT2D eigenvalue weighted by atomic mass is 10.2. The maximum Gasteiger partial charge on any atom is 0.339 e. The number of aromatic carboxylic acids is 1. The van der Waals surface area contributed by atoms with Crippen LogP contribution in [0.2, 0.25) is 0 Å². The van der Waals surface area contributed by atoms with Crippen LogP contribution in [0.25, 0.3) is 0 Å². The standard InChI is InChI=1S/C9H9BrF2N2O2/c1-14(4-7(11)12)8-6(9(15)16)2-5(10)3-13-8/h2-3,7H,4H2,1H3,(H,15,16). The molecule has 16 heavy (non-hydrogen) atoms. The third-order valence-electron chi connectivity index (χ3n) is 1.84. The van der Waals surface area contributed by atoms with Gasteiger partial charge in [0.1, 0.15) is 11.4 Å². The van der Waals surface area contributed by atoms with Gasteiger partial charge in [-0.05, 0) is 22.0 Å². The molecule has 0 saturated carbocycles. The van der Waals surface area contributed by atoms with Crippen molar-refractivity contribution in [1.82, 2.24) is 4.98 Å². The van der Waals surface area contributed by atoms with E-state index < -0.39 is 18.9 Å². The molecule has 0 aromatic carbocycles. The molecule has 0 radical (unpaired) electrons. The largest absolute Gasteiger partial charge is 0.478 e. The second kappa shape index (κ2) is 5.20. The fourth-order valence-electron chi connectivity index (χ4n) is 1.19. The van der Waals surface area contributed by atoms with Crippen LogP contribution in [0.5, 0.6) is 0 Å². The molecule has 0 atom stereocenters. The fourth-order valence-corrected chi connectivity index (χ4v) is 1.52. The molecule has 0 aliphatic rings. The van der Waals surface area contributed by atoms with Crippen molar-refractivity contribution in [2.75, 3.05) is 18.5 Å². The van der Waals surface area contributed by atoms with Crippen LogP contribution in [0.4, 0.5) is 14.6 Å². The van der Waals surface area contributed by atoms with Gasteiger partial charge in [-0.1, -0.05) is 0 Å². The first-order chi connectivity index (χ1) is 7.41. The third kappa shape index (κ3) is 3.13. The van der Waals surface area contributed by atoms with E-state index in [9.17, 15) is 13.6 Å². The van der Waals surface area contributed by atoms with Crippen molar-refractivity contribution in [1.29, 1.82) is 0 Å². The van der Waals surface area contributed by atoms with Crippen LogP contribution >= 0.6 is 15.9 Å². The van der Waals surface area contributed by atoms with Gasteiger partial charge in [0.15, 0.2) is 0 Å². The Morgan fingerprint density at radius 3 is 2.81 bits per heavy atom. The van der Waals surface area contributed by atoms with E-state index in [0.717, 1.165) is 4.90 Å². The Kier molecular flexibility index (Phi) is 4.17. The number of aromatic nitrogens is 1. The summed E-state index contributed by atoms with van der Waals surface area (Å²) in [4.78, 5) is 15.8. The summed E-state index contributed by atoms with van der Waals surface area (Å²) in [5, 5.41) is 8.90. The number of hydrogen-bond acceptors (Lipinski definition) is 3. The van der Waals surface area contributed by atoms with Crippen molar-refractivity contribution in [3.63, 3.8) is 0 Å². The first kappa shape index (κ1) is 12.8. The lowest BCUT2D eigenvalue weighted by molar-refractivity contribution is 0.0696. The molecule has 1 aromatic rings. The van der Waals surface area contributed by atoms with Crippen LogP contribution in [0.15, 0.2) is 16.7 Å². The van der Waals surface area contributed by atoms with Crippen molar-refractivity contribution in [3.05, 3.63) is 22.3 Å². The summed E-state index contributed by atoms with van der Waals surface area (Å²) in [5.41, 5.74) is -0.113. The molecule has 0 saturated heterocycles. The van der Waals surface area contributed by atoms with Gasteiger partial charge < -0.3 is 10.0 Å². The van der Waals surface area contributed by atoms with Crippen molar-refractivity contribution < 1.29 is 18.7 Å². The molecule has 0 unspecified atom stereocenters. The molecule has 1 N–H and O–H groups in total. The summed E-state index contributed by atoms with van der Waals surface area (Å²) in [6, 6.07) is 1.33. The van der Waals surface area contributed by atoms with E-state index in [0.29, 0.717) is 4.47 Å². The van der Waals surface area contributed by atoms with Crippen LogP contribution < -0.4 is 4.90 Å². The van der Waals surface area contributed by atoms with Crippen LogP contribution in [-0.2, 0) is 0 Å². The molecule has 1 aromatic heterocycles. The fraction of sp³-hybridized carbons (Fsp3) is 0.333. The molecule has 0 fully saturated rings. The van der Waals surface area contributed by atoms with E-state index >= 15 is 0 Å². The SMILES string of the molecule is CN(CC(F)F)c1ncc(Br)cc1C(=O)O. The molecule has 0 bridgehead atoms. The average molecular weight is 295 g/mol. The molecule has 7 heteroatoms. The molecule has 88 valence electrons. The van der Waals surface area contributed by atoms with Crippen LogP contribution in [-0.4, -0.2) is 36.1 Å². The second-order valence-electron chi connectivity index (χ2n) is 3.10. The Hall–Kier alpha value is -1.24. The van der Waals surface area contributed by atoms with Gasteiger partial charge in [0.25, 0.3) is 6.43 Å². The van der Waals surface area contributed by atoms with Crippen molar-refractivity contribution in [2.45, 2.75) is 6.43 Å². The van der Waals surface area contributed by atoms with E-state index in [4.69, 9.17) is 5.11 Å². The van der Waals surface area contributed by atoms with E-state index in [1.165, 1.54) is 19.3 Å². The molecule has 0 aliphatic carbocycles. The molecule has 0 aliphatic heterocycles. The van der Waals surface area contributed by atoms with Crippen LogP contribution in [0.3, 0.4) is 0 Å². The number of alkyl halides is 2. The zero-order valence-electron chi connectivity index (χ0n) is 8.32. The Morgan fingerprint density at radius 1 is 1.69 bits per heavy atom. The summed E-state index contributed by atoms with van der Waals surface area (Å²) in [6.07, 6.45) is -1.18. The summed E-state index contributed by atoms with van der Waals surface area (Å²) in [6.45, 7) is -0.561. The second-order valence-corrected chi connectivity index (χ2v) is 4.02. The third-order valence-corrected chi connectivity index (χ3v) is 2.27. The first-order valence-electron chi connectivity index (χ1n) is 4.30. The Morgan fingerprint density at radius 2 is 2.31 bits per heavy atom. The normalized spacial score (nSPS) is 10.6. The average Bonchev–Trinajstić information content (AvgIpc) is 2.16. The topological polar surface area (TPSA) is 53.4 Å². The van der Waals surface area contributed by atoms with Gasteiger partial charge in [-0.25, -0.2) is 18.6 Å². The quantitative estimate of drug-likeness (QED) is 0.925. The summed E-state index contributed by atoms with van der Waals surface area (Å²) < 4.78 is 24.8. The predicted molar refractivity (Wildman–Crippen MR) is 58.2 cm³/mol. The smallest absolute Gasteiger partial charge is 0.339 e. The minimum Gasteiger partial charge on any atom is -0.478 e. The summed E-state index contributed by atoms with van der Waals surface area (Å²) in [7, 11) is 1.37. The molecular weight excluding hydrogens is 286 g/mol. The van der Waals surface area contributed by atoms with Gasteiger partial charge in [-0.3, -0.25) is 0 Å². The number of pyridine rings is 1. The maximum atomic E-state index is 12.2. The molecule has 1 rings (SSSR count). The minimum atomic E-state index is -2.54. The molecule has 0 amide bonds. The van der Waals surface area contributed by atoms with Crippen molar-refractivity contribution in [2.24, 2.45) is 0 Å². The van der Waals surface area contributed by atoms with Gasteiger partial charge in [0, 0.05) is 17.7 Å². The number of carboxylic acids is 1. The number of carboxylic acid groups (broad SMARTS) is 1. The van der Waals surface area contributed by atoms with E-state index in [2.05, 4.69) is 20.9 Å². The van der Waals surface area contributed by atoms with Crippen LogP contribution in [0, 0.1) is 0 Å². The predicted octanol–water partition coefficient (Wildman–Crippen LogP) is 2.24. The highest BCUT2D eigenvalue weighted by molar-refractivity contribution is 9.10. The van der Waals surface area contributed by atoms with E-state index in [-0.39, 0.29) is 11.4 Å². The molecule has 0 spiro atoms. The molecule has 4 nitrogen and oxygen atoms in total. The van der Waals surface area contributed by atoms with Gasteiger partial charge in [0.2, 0.25) is 0 Å². The Bertz CT molecular complexity index is 401. The van der Waals surface area contributed by atoms with Gasteiger partial charge in [-0.15, -0.1) is 0 Å². The lowest BCUT2D eigenvalue weighted by Crippen LogP contribution is -2.26.